The van der Waals surface area contributed by atoms with Crippen LogP contribution in [-0.4, -0.2) is 46.3 Å². The number of fused-ring (bicyclic) bond motifs is 3. The summed E-state index contributed by atoms with van der Waals surface area (Å²) in [5.74, 6) is -3.22. The van der Waals surface area contributed by atoms with Crippen LogP contribution in [0.15, 0.2) is 36.4 Å². The highest BCUT2D eigenvalue weighted by atomic mass is 19.1. The van der Waals surface area contributed by atoms with Crippen molar-refractivity contribution in [3.05, 3.63) is 64.9 Å². The van der Waals surface area contributed by atoms with Gasteiger partial charge in [-0.3, -0.25) is 4.90 Å². The minimum absolute atomic E-state index is 0.0113. The third kappa shape index (κ3) is 4.25. The summed E-state index contributed by atoms with van der Waals surface area (Å²) in [7, 11) is 0. The van der Waals surface area contributed by atoms with Gasteiger partial charge in [-0.2, -0.15) is 0 Å². The zero-order valence-electron chi connectivity index (χ0n) is 17.2. The molecule has 0 bridgehead atoms. The Hall–Kier alpha value is -3.00. The maximum Gasteiger partial charge on any atom is 0.341 e. The lowest BCUT2D eigenvalue weighted by atomic mass is 9.90. The van der Waals surface area contributed by atoms with E-state index in [1.807, 2.05) is 24.3 Å². The number of aromatic nitrogens is 1. The van der Waals surface area contributed by atoms with Crippen LogP contribution in [0.25, 0.3) is 10.9 Å². The number of carbonyl (C=O) groups is 1. The molecule has 0 spiro atoms. The highest BCUT2D eigenvalue weighted by Crippen LogP contribution is 2.41. The molecule has 4 rings (SSSR count). The molecule has 2 heterocycles. The van der Waals surface area contributed by atoms with E-state index in [9.17, 15) is 9.18 Å². The Morgan fingerprint density at radius 1 is 1.26 bits per heavy atom. The zero-order chi connectivity index (χ0) is 22.3. The summed E-state index contributed by atoms with van der Waals surface area (Å²) in [6, 6.07) is 8.69. The van der Waals surface area contributed by atoms with Crippen LogP contribution in [0.2, 0.25) is 0 Å². The third-order valence-corrected chi connectivity index (χ3v) is 5.40. The number of ether oxygens (including phenoxy) is 1. The van der Waals surface area contributed by atoms with Crippen molar-refractivity contribution in [2.45, 2.75) is 32.0 Å². The van der Waals surface area contributed by atoms with Gasteiger partial charge in [-0.1, -0.05) is 18.2 Å². The normalized spacial score (nSPS) is 17.0. The first kappa shape index (κ1) is 21.2. The standard InChI is InChI=1S/C23H23F3N2O3/c1-23(2,26)12-28-8-7-15-14-5-3-4-6-18(14)27-21(15)22(28)20-16(24)9-13(10-17(20)25)31-11-19(29)30/h3-6,9-10,22,27H,7-8,11-12H2,1-2H3,(H,29,30). The zero-order valence-corrected chi connectivity index (χ0v) is 17.2. The first-order valence-electron chi connectivity index (χ1n) is 10.00. The molecule has 2 aromatic carbocycles. The molecule has 1 aliphatic heterocycles. The Kier molecular flexibility index (Phi) is 5.43. The van der Waals surface area contributed by atoms with Crippen molar-refractivity contribution < 1.29 is 27.8 Å². The number of H-pyrrole nitrogens is 1. The number of hydrogen-bond donors (Lipinski definition) is 2. The molecule has 1 atom stereocenters. The van der Waals surface area contributed by atoms with Crippen LogP contribution in [0.1, 0.15) is 36.7 Å². The molecule has 8 heteroatoms. The van der Waals surface area contributed by atoms with E-state index in [2.05, 4.69) is 4.98 Å². The van der Waals surface area contributed by atoms with Crippen molar-refractivity contribution in [2.75, 3.05) is 19.7 Å². The van der Waals surface area contributed by atoms with Gasteiger partial charge in [-0.25, -0.2) is 18.0 Å². The minimum atomic E-state index is -1.57. The number of halogens is 3. The maximum atomic E-state index is 15.2. The van der Waals surface area contributed by atoms with Gasteiger partial charge < -0.3 is 14.8 Å². The number of benzene rings is 2. The highest BCUT2D eigenvalue weighted by molar-refractivity contribution is 5.85. The van der Waals surface area contributed by atoms with Crippen LogP contribution in [0.5, 0.6) is 5.75 Å². The number of para-hydroxylation sites is 1. The molecule has 0 saturated heterocycles. The Morgan fingerprint density at radius 3 is 2.58 bits per heavy atom. The van der Waals surface area contributed by atoms with E-state index in [0.29, 0.717) is 18.7 Å². The summed E-state index contributed by atoms with van der Waals surface area (Å²) >= 11 is 0. The number of aromatic amines is 1. The molecule has 164 valence electrons. The van der Waals surface area contributed by atoms with Crippen LogP contribution in [0, 0.1) is 11.6 Å². The summed E-state index contributed by atoms with van der Waals surface area (Å²) in [5.41, 5.74) is 0.645. The number of carboxylic acid groups (broad SMARTS) is 1. The molecule has 0 fully saturated rings. The van der Waals surface area contributed by atoms with E-state index in [1.165, 1.54) is 13.8 Å². The van der Waals surface area contributed by atoms with E-state index >= 15 is 8.78 Å². The Bertz CT molecular complexity index is 1110. The lowest BCUT2D eigenvalue weighted by Crippen LogP contribution is -2.43. The van der Waals surface area contributed by atoms with E-state index < -0.39 is 35.9 Å². The van der Waals surface area contributed by atoms with Crippen molar-refractivity contribution in [2.24, 2.45) is 0 Å². The van der Waals surface area contributed by atoms with Gasteiger partial charge in [0.05, 0.1) is 6.04 Å². The van der Waals surface area contributed by atoms with Crippen molar-refractivity contribution in [1.82, 2.24) is 9.88 Å². The highest BCUT2D eigenvalue weighted by Gasteiger charge is 2.37. The number of nitrogens with one attached hydrogen (secondary N) is 1. The van der Waals surface area contributed by atoms with Gasteiger partial charge in [0, 0.05) is 47.4 Å². The maximum absolute atomic E-state index is 15.2. The van der Waals surface area contributed by atoms with Crippen molar-refractivity contribution >= 4 is 16.9 Å². The second-order valence-electron chi connectivity index (χ2n) is 8.39. The van der Waals surface area contributed by atoms with Gasteiger partial charge in [0.25, 0.3) is 0 Å². The third-order valence-electron chi connectivity index (χ3n) is 5.40. The first-order chi connectivity index (χ1) is 14.6. The summed E-state index contributed by atoms with van der Waals surface area (Å²) in [6.45, 7) is 2.57. The fraction of sp³-hybridized carbons (Fsp3) is 0.348. The average molecular weight is 432 g/mol. The number of rotatable bonds is 6. The molecule has 1 aromatic heterocycles. The van der Waals surface area contributed by atoms with E-state index in [-0.39, 0.29) is 17.9 Å². The van der Waals surface area contributed by atoms with Crippen LogP contribution < -0.4 is 4.74 Å². The lowest BCUT2D eigenvalue weighted by Gasteiger charge is -2.38. The summed E-state index contributed by atoms with van der Waals surface area (Å²) in [5, 5.41) is 9.71. The van der Waals surface area contributed by atoms with Crippen LogP contribution in [0.3, 0.4) is 0 Å². The van der Waals surface area contributed by atoms with Gasteiger partial charge in [0.1, 0.15) is 23.1 Å². The second-order valence-corrected chi connectivity index (χ2v) is 8.39. The molecular weight excluding hydrogens is 409 g/mol. The number of aliphatic carboxylic acids is 1. The van der Waals surface area contributed by atoms with Gasteiger partial charge in [-0.15, -0.1) is 0 Å². The molecule has 1 unspecified atom stereocenters. The number of carboxylic acids is 1. The fourth-order valence-electron chi connectivity index (χ4n) is 4.32. The van der Waals surface area contributed by atoms with Gasteiger partial charge in [0.15, 0.2) is 6.61 Å². The molecular formula is C23H23F3N2O3. The second kappa shape index (κ2) is 7.92. The number of nitrogens with zero attached hydrogens (tertiary/aromatic N) is 1. The Labute approximate surface area is 177 Å². The molecule has 0 radical (unpaired) electrons. The molecule has 0 aliphatic carbocycles. The van der Waals surface area contributed by atoms with Crippen LogP contribution in [0.4, 0.5) is 13.2 Å². The lowest BCUT2D eigenvalue weighted by molar-refractivity contribution is -0.139. The minimum Gasteiger partial charge on any atom is -0.482 e. The van der Waals surface area contributed by atoms with Gasteiger partial charge in [0.2, 0.25) is 0 Å². The molecule has 31 heavy (non-hydrogen) atoms. The van der Waals surface area contributed by atoms with E-state index in [1.54, 1.807) is 4.90 Å². The summed E-state index contributed by atoms with van der Waals surface area (Å²) in [6.07, 6.45) is 0.620. The molecule has 0 saturated carbocycles. The topological polar surface area (TPSA) is 65.6 Å². The van der Waals surface area contributed by atoms with Crippen molar-refractivity contribution in [3.8, 4) is 5.75 Å². The van der Waals surface area contributed by atoms with Crippen LogP contribution >= 0.6 is 0 Å². The van der Waals surface area contributed by atoms with Crippen molar-refractivity contribution in [1.29, 1.82) is 0 Å². The van der Waals surface area contributed by atoms with Gasteiger partial charge >= 0.3 is 5.97 Å². The number of hydrogen-bond acceptors (Lipinski definition) is 3. The van der Waals surface area contributed by atoms with E-state index in [0.717, 1.165) is 28.6 Å². The van der Waals surface area contributed by atoms with Crippen LogP contribution in [-0.2, 0) is 11.2 Å². The largest absolute Gasteiger partial charge is 0.482 e. The summed E-state index contributed by atoms with van der Waals surface area (Å²) < 4.78 is 49.9. The average Bonchev–Trinajstić information content (AvgIpc) is 3.05. The molecule has 0 amide bonds. The fourth-order valence-corrected chi connectivity index (χ4v) is 4.32. The molecule has 2 N–H and O–H groups in total. The number of alkyl halides is 1. The summed E-state index contributed by atoms with van der Waals surface area (Å²) in [4.78, 5) is 15.7. The van der Waals surface area contributed by atoms with Gasteiger partial charge in [-0.05, 0) is 31.9 Å². The molecule has 5 nitrogen and oxygen atoms in total. The Morgan fingerprint density at radius 2 is 1.94 bits per heavy atom. The molecule has 1 aliphatic rings. The Balaban J connectivity index is 1.84. The SMILES string of the molecule is CC(C)(F)CN1CCc2c([nH]c3ccccc23)C1c1c(F)cc(OCC(=O)O)cc1F. The van der Waals surface area contributed by atoms with E-state index in [4.69, 9.17) is 9.84 Å². The quantitative estimate of drug-likeness (QED) is 0.597. The predicted molar refractivity (Wildman–Crippen MR) is 110 cm³/mol. The predicted octanol–water partition coefficient (Wildman–Crippen LogP) is 4.61. The first-order valence-corrected chi connectivity index (χ1v) is 10.00. The smallest absolute Gasteiger partial charge is 0.341 e. The van der Waals surface area contributed by atoms with Crippen molar-refractivity contribution in [3.63, 3.8) is 0 Å². The molecule has 3 aromatic rings. The monoisotopic (exact) mass is 432 g/mol.